The summed E-state index contributed by atoms with van der Waals surface area (Å²) in [4.78, 5) is 28.6. The van der Waals surface area contributed by atoms with Gasteiger partial charge in [-0.3, -0.25) is 14.5 Å². The Morgan fingerprint density at radius 3 is 2.73 bits per heavy atom. The van der Waals surface area contributed by atoms with Crippen LogP contribution in [0.3, 0.4) is 0 Å². The lowest BCUT2D eigenvalue weighted by Gasteiger charge is -2.30. The number of benzene rings is 1. The predicted molar refractivity (Wildman–Crippen MR) is 106 cm³/mol. The van der Waals surface area contributed by atoms with E-state index in [2.05, 4.69) is 6.92 Å². The molecule has 4 nitrogen and oxygen atoms in total. The van der Waals surface area contributed by atoms with Crippen LogP contribution in [0.2, 0.25) is 0 Å². The van der Waals surface area contributed by atoms with Gasteiger partial charge in [0.05, 0.1) is 4.91 Å². The van der Waals surface area contributed by atoms with Gasteiger partial charge in [-0.15, -0.1) is 0 Å². The summed E-state index contributed by atoms with van der Waals surface area (Å²) >= 11 is 6.43. The Bertz CT molecular complexity index is 758. The molecule has 138 valence electrons. The average molecular weight is 393 g/mol. The molecule has 0 aliphatic carbocycles. The van der Waals surface area contributed by atoms with Gasteiger partial charge in [0.15, 0.2) is 0 Å². The van der Waals surface area contributed by atoms with Crippen molar-refractivity contribution in [1.29, 1.82) is 0 Å². The van der Waals surface area contributed by atoms with E-state index in [-0.39, 0.29) is 30.6 Å². The quantitative estimate of drug-likeness (QED) is 0.579. The summed E-state index contributed by atoms with van der Waals surface area (Å²) < 4.78 is 14.2. The fraction of sp³-hybridized carbons (Fsp3) is 0.421. The van der Waals surface area contributed by atoms with E-state index >= 15 is 0 Å². The molecule has 0 atom stereocenters. The summed E-state index contributed by atoms with van der Waals surface area (Å²) in [6.45, 7) is 4.03. The van der Waals surface area contributed by atoms with E-state index in [0.717, 1.165) is 37.7 Å². The molecular formula is C19H21FN2O2S2. The van der Waals surface area contributed by atoms with Crippen LogP contribution in [0.1, 0.15) is 31.7 Å². The summed E-state index contributed by atoms with van der Waals surface area (Å²) in [6.07, 6.45) is 3.83. The van der Waals surface area contributed by atoms with E-state index in [1.807, 2.05) is 4.90 Å². The number of thioether (sulfide) groups is 1. The van der Waals surface area contributed by atoms with Crippen molar-refractivity contribution in [2.45, 2.75) is 26.2 Å². The summed E-state index contributed by atoms with van der Waals surface area (Å²) in [6, 6.07) is 6.28. The molecule has 2 aliphatic rings. The summed E-state index contributed by atoms with van der Waals surface area (Å²) in [7, 11) is 0. The van der Waals surface area contributed by atoms with Gasteiger partial charge >= 0.3 is 0 Å². The van der Waals surface area contributed by atoms with Crippen LogP contribution in [0.15, 0.2) is 29.2 Å². The first-order valence-electron chi connectivity index (χ1n) is 8.73. The number of likely N-dealkylation sites (tertiary alicyclic amines) is 1. The Morgan fingerprint density at radius 1 is 1.35 bits per heavy atom. The maximum absolute atomic E-state index is 13.8. The lowest BCUT2D eigenvalue weighted by Crippen LogP contribution is -2.40. The molecule has 2 fully saturated rings. The van der Waals surface area contributed by atoms with Crippen LogP contribution in [0.4, 0.5) is 4.39 Å². The number of piperidine rings is 1. The van der Waals surface area contributed by atoms with Crippen LogP contribution in [-0.4, -0.2) is 45.6 Å². The fourth-order valence-corrected chi connectivity index (χ4v) is 4.35. The van der Waals surface area contributed by atoms with Gasteiger partial charge in [-0.1, -0.05) is 49.1 Å². The third kappa shape index (κ3) is 4.32. The maximum Gasteiger partial charge on any atom is 0.266 e. The Labute approximate surface area is 162 Å². The highest BCUT2D eigenvalue weighted by atomic mass is 32.2. The Morgan fingerprint density at radius 2 is 2.04 bits per heavy atom. The number of hydrogen-bond acceptors (Lipinski definition) is 4. The number of rotatable bonds is 4. The van der Waals surface area contributed by atoms with Crippen molar-refractivity contribution >= 4 is 46.2 Å². The topological polar surface area (TPSA) is 40.6 Å². The van der Waals surface area contributed by atoms with Gasteiger partial charge in [0.25, 0.3) is 5.91 Å². The molecule has 2 aliphatic heterocycles. The second-order valence-electron chi connectivity index (χ2n) is 6.67. The first-order chi connectivity index (χ1) is 12.5. The molecule has 0 N–H and O–H groups in total. The minimum atomic E-state index is -0.382. The molecule has 0 bridgehead atoms. The number of hydrogen-bond donors (Lipinski definition) is 0. The molecular weight excluding hydrogens is 371 g/mol. The molecule has 0 aromatic heterocycles. The second-order valence-corrected chi connectivity index (χ2v) is 8.34. The summed E-state index contributed by atoms with van der Waals surface area (Å²) in [5.74, 6) is 0.0777. The SMILES string of the molecule is CC1CCN(C(=O)CCN2C(=O)C(=Cc3ccccc3F)SC2=S)CC1. The third-order valence-electron chi connectivity index (χ3n) is 4.75. The zero-order valence-corrected chi connectivity index (χ0v) is 16.2. The van der Waals surface area contributed by atoms with E-state index in [9.17, 15) is 14.0 Å². The molecule has 7 heteroatoms. The first kappa shape index (κ1) is 19.0. The molecule has 3 rings (SSSR count). The number of thiocarbonyl (C=S) groups is 1. The maximum atomic E-state index is 13.8. The van der Waals surface area contributed by atoms with Crippen LogP contribution in [-0.2, 0) is 9.59 Å². The number of halogens is 1. The monoisotopic (exact) mass is 392 g/mol. The molecule has 0 unspecified atom stereocenters. The number of carbonyl (C=O) groups is 2. The molecule has 2 amide bonds. The van der Waals surface area contributed by atoms with Crippen LogP contribution >= 0.6 is 24.0 Å². The minimum Gasteiger partial charge on any atom is -0.343 e. The van der Waals surface area contributed by atoms with Crippen LogP contribution in [0, 0.1) is 11.7 Å². The van der Waals surface area contributed by atoms with Crippen molar-refractivity contribution in [3.05, 3.63) is 40.6 Å². The molecule has 1 aromatic rings. The summed E-state index contributed by atoms with van der Waals surface area (Å²) in [5.41, 5.74) is 0.353. The number of carbonyl (C=O) groups excluding carboxylic acids is 2. The third-order valence-corrected chi connectivity index (χ3v) is 6.13. The van der Waals surface area contributed by atoms with Crippen molar-refractivity contribution in [1.82, 2.24) is 9.80 Å². The van der Waals surface area contributed by atoms with Gasteiger partial charge in [-0.05, 0) is 30.9 Å². The lowest BCUT2D eigenvalue weighted by atomic mass is 9.99. The standard InChI is InChI=1S/C19H21FN2O2S2/c1-13-6-9-21(10-7-13)17(23)8-11-22-18(24)16(26-19(22)25)12-14-4-2-3-5-15(14)20/h2-5,12-13H,6-11H2,1H3. The highest BCUT2D eigenvalue weighted by molar-refractivity contribution is 8.26. The Hall–Kier alpha value is -1.73. The number of nitrogens with zero attached hydrogens (tertiary/aromatic N) is 2. The van der Waals surface area contributed by atoms with Crippen LogP contribution in [0.5, 0.6) is 0 Å². The molecule has 0 spiro atoms. The lowest BCUT2D eigenvalue weighted by molar-refractivity contribution is -0.133. The van der Waals surface area contributed by atoms with E-state index < -0.39 is 0 Å². The largest absolute Gasteiger partial charge is 0.343 e. The van der Waals surface area contributed by atoms with Crippen molar-refractivity contribution in [3.63, 3.8) is 0 Å². The number of amides is 2. The molecule has 0 saturated carbocycles. The zero-order chi connectivity index (χ0) is 18.7. The van der Waals surface area contributed by atoms with Gasteiger partial charge in [-0.25, -0.2) is 4.39 Å². The molecule has 26 heavy (non-hydrogen) atoms. The van der Waals surface area contributed by atoms with Crippen molar-refractivity contribution in [3.8, 4) is 0 Å². The van der Waals surface area contributed by atoms with Gasteiger partial charge in [0.1, 0.15) is 10.1 Å². The highest BCUT2D eigenvalue weighted by Crippen LogP contribution is 2.33. The van der Waals surface area contributed by atoms with E-state index in [4.69, 9.17) is 12.2 Å². The minimum absolute atomic E-state index is 0.0593. The Kier molecular flexibility index (Phi) is 6.09. The van der Waals surface area contributed by atoms with Gasteiger partial charge in [0, 0.05) is 31.6 Å². The van der Waals surface area contributed by atoms with E-state index in [1.165, 1.54) is 17.0 Å². The second kappa shape index (κ2) is 8.31. The van der Waals surface area contributed by atoms with Crippen LogP contribution in [0.25, 0.3) is 6.08 Å². The van der Waals surface area contributed by atoms with Crippen molar-refractivity contribution in [2.24, 2.45) is 5.92 Å². The van der Waals surface area contributed by atoms with Gasteiger partial charge in [-0.2, -0.15) is 0 Å². The molecule has 2 heterocycles. The smallest absolute Gasteiger partial charge is 0.266 e. The highest BCUT2D eigenvalue weighted by Gasteiger charge is 2.33. The molecule has 0 radical (unpaired) electrons. The first-order valence-corrected chi connectivity index (χ1v) is 9.96. The van der Waals surface area contributed by atoms with E-state index in [1.54, 1.807) is 18.2 Å². The normalized spacial score (nSPS) is 20.3. The predicted octanol–water partition coefficient (Wildman–Crippen LogP) is 3.68. The van der Waals surface area contributed by atoms with Gasteiger partial charge in [0.2, 0.25) is 5.91 Å². The Balaban J connectivity index is 1.61. The van der Waals surface area contributed by atoms with Gasteiger partial charge < -0.3 is 4.90 Å². The average Bonchev–Trinajstić information content (AvgIpc) is 2.89. The van der Waals surface area contributed by atoms with Crippen molar-refractivity contribution in [2.75, 3.05) is 19.6 Å². The molecule has 1 aromatic carbocycles. The van der Waals surface area contributed by atoms with Crippen LogP contribution < -0.4 is 0 Å². The zero-order valence-electron chi connectivity index (χ0n) is 14.6. The fourth-order valence-electron chi connectivity index (χ4n) is 3.05. The van der Waals surface area contributed by atoms with Crippen molar-refractivity contribution < 1.29 is 14.0 Å². The molecule has 2 saturated heterocycles. The van der Waals surface area contributed by atoms with E-state index in [0.29, 0.717) is 20.7 Å². The summed E-state index contributed by atoms with van der Waals surface area (Å²) in [5, 5.41) is 0.